The van der Waals surface area contributed by atoms with E-state index >= 15 is 0 Å². The lowest BCUT2D eigenvalue weighted by molar-refractivity contribution is 0.212. The molecule has 0 atom stereocenters. The van der Waals surface area contributed by atoms with Crippen molar-refractivity contribution >= 4 is 16.2 Å². The molecule has 0 saturated heterocycles. The number of nitrogens with zero attached hydrogens (tertiary/aromatic N) is 2. The van der Waals surface area contributed by atoms with E-state index in [0.29, 0.717) is 0 Å². The summed E-state index contributed by atoms with van der Waals surface area (Å²) in [4.78, 5) is 16.9. The molecule has 2 N–H and O–H groups in total. The topological polar surface area (TPSA) is 112 Å². The van der Waals surface area contributed by atoms with Gasteiger partial charge in [-0.1, -0.05) is 0 Å². The van der Waals surface area contributed by atoms with Gasteiger partial charge in [0.25, 0.3) is 5.16 Å². The summed E-state index contributed by atoms with van der Waals surface area (Å²) in [6.45, 7) is 0. The van der Waals surface area contributed by atoms with Crippen molar-refractivity contribution in [2.24, 2.45) is 5.73 Å². The highest BCUT2D eigenvalue weighted by atomic mass is 32.2. The van der Waals surface area contributed by atoms with E-state index in [4.69, 9.17) is 0 Å². The SMILES string of the molecule is NC(=O)OS(=O)(=O)c1ncccn1. The minimum absolute atomic E-state index is 0.603. The zero-order valence-electron chi connectivity index (χ0n) is 6.25. The van der Waals surface area contributed by atoms with E-state index in [0.717, 1.165) is 0 Å². The van der Waals surface area contributed by atoms with Crippen LogP contribution >= 0.6 is 0 Å². The molecule has 0 fully saturated rings. The number of nitrogens with two attached hydrogens (primary N) is 1. The lowest BCUT2D eigenvalue weighted by Gasteiger charge is -1.99. The lowest BCUT2D eigenvalue weighted by atomic mass is 10.7. The molecule has 1 aromatic rings. The number of carbonyl (C=O) groups excluding carboxylic acids is 1. The fourth-order valence-electron chi connectivity index (χ4n) is 0.560. The molecule has 0 aliphatic heterocycles. The van der Waals surface area contributed by atoms with Crippen LogP contribution in [0.5, 0.6) is 0 Å². The van der Waals surface area contributed by atoms with Crippen LogP contribution in [0.4, 0.5) is 4.79 Å². The molecule has 0 aromatic carbocycles. The maximum Gasteiger partial charge on any atom is 0.420 e. The van der Waals surface area contributed by atoms with E-state index in [1.807, 2.05) is 0 Å². The van der Waals surface area contributed by atoms with E-state index in [1.165, 1.54) is 18.5 Å². The van der Waals surface area contributed by atoms with E-state index < -0.39 is 21.4 Å². The number of hydrogen-bond donors (Lipinski definition) is 1. The Morgan fingerprint density at radius 2 is 1.92 bits per heavy atom. The monoisotopic (exact) mass is 203 g/mol. The number of rotatable bonds is 2. The number of hydrogen-bond acceptors (Lipinski definition) is 6. The normalized spacial score (nSPS) is 10.8. The second kappa shape index (κ2) is 3.35. The maximum atomic E-state index is 11.0. The Morgan fingerprint density at radius 3 is 2.38 bits per heavy atom. The van der Waals surface area contributed by atoms with Gasteiger partial charge in [0.15, 0.2) is 0 Å². The third-order valence-corrected chi connectivity index (χ3v) is 2.00. The Balaban J connectivity index is 3.02. The molecular formula is C5H5N3O4S. The summed E-state index contributed by atoms with van der Waals surface area (Å²) >= 11 is 0. The van der Waals surface area contributed by atoms with Crippen molar-refractivity contribution in [1.29, 1.82) is 0 Å². The van der Waals surface area contributed by atoms with Crippen molar-refractivity contribution in [3.05, 3.63) is 18.5 Å². The Kier molecular flexibility index (Phi) is 2.42. The molecule has 1 amide bonds. The summed E-state index contributed by atoms with van der Waals surface area (Å²) in [5.41, 5.74) is 4.52. The minimum Gasteiger partial charge on any atom is -0.334 e. The summed E-state index contributed by atoms with van der Waals surface area (Å²) in [6.07, 6.45) is 0.974. The average molecular weight is 203 g/mol. The van der Waals surface area contributed by atoms with E-state index in [2.05, 4.69) is 19.9 Å². The maximum absolute atomic E-state index is 11.0. The molecule has 0 bridgehead atoms. The molecule has 0 aliphatic rings. The first kappa shape index (κ1) is 9.39. The summed E-state index contributed by atoms with van der Waals surface area (Å²) < 4.78 is 25.8. The van der Waals surface area contributed by atoms with Gasteiger partial charge in [-0.15, -0.1) is 0 Å². The van der Waals surface area contributed by atoms with Crippen LogP contribution in [0.1, 0.15) is 0 Å². The summed E-state index contributed by atoms with van der Waals surface area (Å²) in [5, 5.41) is -0.603. The van der Waals surface area contributed by atoms with Gasteiger partial charge >= 0.3 is 16.2 Å². The van der Waals surface area contributed by atoms with Crippen LogP contribution in [0.15, 0.2) is 23.6 Å². The molecule has 0 unspecified atom stereocenters. The van der Waals surface area contributed by atoms with Crippen molar-refractivity contribution in [2.45, 2.75) is 5.16 Å². The standard InChI is InChI=1S/C5H5N3O4S/c6-4(9)12-13(10,11)5-7-2-1-3-8-5/h1-3H,(H2,6,9). The van der Waals surface area contributed by atoms with Crippen LogP contribution in [0.3, 0.4) is 0 Å². The minimum atomic E-state index is -4.26. The van der Waals surface area contributed by atoms with Gasteiger partial charge in [-0.3, -0.25) is 0 Å². The molecule has 0 radical (unpaired) electrons. The van der Waals surface area contributed by atoms with E-state index in [-0.39, 0.29) is 0 Å². The lowest BCUT2D eigenvalue weighted by Crippen LogP contribution is -2.20. The Labute approximate surface area is 73.7 Å². The third-order valence-electron chi connectivity index (χ3n) is 0.958. The Hall–Kier alpha value is -1.70. The van der Waals surface area contributed by atoms with Crippen molar-refractivity contribution in [3.8, 4) is 0 Å². The molecule has 0 spiro atoms. The van der Waals surface area contributed by atoms with Crippen LogP contribution in [0.2, 0.25) is 0 Å². The number of carbonyl (C=O) groups is 1. The zero-order chi connectivity index (χ0) is 9.90. The molecular weight excluding hydrogens is 198 g/mol. The fraction of sp³-hybridized carbons (Fsp3) is 0. The molecule has 0 saturated carbocycles. The van der Waals surface area contributed by atoms with E-state index in [1.54, 1.807) is 0 Å². The van der Waals surface area contributed by atoms with Gasteiger partial charge in [0.1, 0.15) is 0 Å². The second-order valence-corrected chi connectivity index (χ2v) is 3.33. The van der Waals surface area contributed by atoms with E-state index in [9.17, 15) is 13.2 Å². The first-order valence-electron chi connectivity index (χ1n) is 3.03. The molecule has 0 aliphatic carbocycles. The van der Waals surface area contributed by atoms with Gasteiger partial charge in [0, 0.05) is 12.4 Å². The molecule has 1 aromatic heterocycles. The summed E-state index contributed by atoms with van der Waals surface area (Å²) in [5.74, 6) is 0. The van der Waals surface area contributed by atoms with Gasteiger partial charge in [-0.05, 0) is 6.07 Å². The van der Waals surface area contributed by atoms with Crippen LogP contribution in [0, 0.1) is 0 Å². The zero-order valence-corrected chi connectivity index (χ0v) is 7.06. The molecule has 1 rings (SSSR count). The predicted molar refractivity (Wildman–Crippen MR) is 39.9 cm³/mol. The van der Waals surface area contributed by atoms with Crippen molar-refractivity contribution in [2.75, 3.05) is 0 Å². The van der Waals surface area contributed by atoms with Crippen molar-refractivity contribution in [3.63, 3.8) is 0 Å². The van der Waals surface area contributed by atoms with Crippen LogP contribution < -0.4 is 5.73 Å². The third kappa shape index (κ3) is 2.37. The van der Waals surface area contributed by atoms with Crippen molar-refractivity contribution in [1.82, 2.24) is 9.97 Å². The van der Waals surface area contributed by atoms with Crippen LogP contribution in [0.25, 0.3) is 0 Å². The molecule has 70 valence electrons. The molecule has 1 heterocycles. The highest BCUT2D eigenvalue weighted by molar-refractivity contribution is 7.87. The largest absolute Gasteiger partial charge is 0.420 e. The first-order chi connectivity index (χ1) is 6.02. The van der Waals surface area contributed by atoms with Crippen LogP contribution in [-0.2, 0) is 14.3 Å². The van der Waals surface area contributed by atoms with Crippen molar-refractivity contribution < 1.29 is 17.4 Å². The quantitative estimate of drug-likeness (QED) is 0.500. The number of primary amides is 1. The van der Waals surface area contributed by atoms with Gasteiger partial charge in [0.05, 0.1) is 0 Å². The smallest absolute Gasteiger partial charge is 0.334 e. The highest BCUT2D eigenvalue weighted by Crippen LogP contribution is 2.03. The molecule has 8 heteroatoms. The first-order valence-corrected chi connectivity index (χ1v) is 4.44. The Bertz CT molecular complexity index is 401. The van der Waals surface area contributed by atoms with Gasteiger partial charge in [-0.25, -0.2) is 14.8 Å². The number of amides is 1. The van der Waals surface area contributed by atoms with Crippen LogP contribution in [-0.4, -0.2) is 24.5 Å². The fourth-order valence-corrected chi connectivity index (χ4v) is 1.23. The van der Waals surface area contributed by atoms with Gasteiger partial charge in [0.2, 0.25) is 0 Å². The Morgan fingerprint density at radius 1 is 1.38 bits per heavy atom. The average Bonchev–Trinajstić information content (AvgIpc) is 2.04. The molecule has 7 nitrogen and oxygen atoms in total. The number of aromatic nitrogens is 2. The summed E-state index contributed by atoms with van der Waals surface area (Å²) in [7, 11) is -4.26. The summed E-state index contributed by atoms with van der Waals surface area (Å²) in [6, 6.07) is 1.42. The van der Waals surface area contributed by atoms with Gasteiger partial charge in [-0.2, -0.15) is 8.42 Å². The second-order valence-electron chi connectivity index (χ2n) is 1.89. The molecule has 13 heavy (non-hydrogen) atoms. The predicted octanol–water partition coefficient (Wildman–Crippen LogP) is -0.739. The van der Waals surface area contributed by atoms with Gasteiger partial charge < -0.3 is 9.92 Å². The highest BCUT2D eigenvalue weighted by Gasteiger charge is 2.21.